The van der Waals surface area contributed by atoms with Crippen LogP contribution >= 0.6 is 0 Å². The fourth-order valence-electron chi connectivity index (χ4n) is 3.58. The van der Waals surface area contributed by atoms with Crippen LogP contribution in [0.15, 0.2) is 70.9 Å². The molecule has 0 saturated heterocycles. The van der Waals surface area contributed by atoms with E-state index in [0.717, 1.165) is 32.9 Å². The number of carbonyl (C=O) groups is 2. The largest absolute Gasteiger partial charge is 0.483 e. The van der Waals surface area contributed by atoms with Gasteiger partial charge in [0.05, 0.1) is 0 Å². The number of benzene rings is 2. The molecule has 2 aromatic heterocycles. The lowest BCUT2D eigenvalue weighted by atomic mass is 10.2. The highest BCUT2D eigenvalue weighted by atomic mass is 28.4. The minimum absolute atomic E-state index is 0.541. The predicted molar refractivity (Wildman–Crippen MR) is 140 cm³/mol. The number of hydrogen-bond acceptors (Lipinski definition) is 6. The molecule has 0 aliphatic rings. The van der Waals surface area contributed by atoms with Crippen LogP contribution in [0.5, 0.6) is 0 Å². The molecule has 0 aliphatic carbocycles. The first-order valence-electron chi connectivity index (χ1n) is 11.4. The van der Waals surface area contributed by atoms with Gasteiger partial charge in [0.25, 0.3) is 0 Å². The minimum Gasteiger partial charge on any atom is -0.483 e. The molecule has 4 rings (SSSR count). The van der Waals surface area contributed by atoms with Gasteiger partial charge >= 0.3 is 20.5 Å². The number of aromatic nitrogens is 2. The second-order valence-electron chi connectivity index (χ2n) is 8.73. The molecule has 0 spiro atoms. The SMILES string of the molecule is C[C@H](N=Cc1c[nH]c2ccccc12)C(=O)O[Si](C)(C)OC(=O)[C@@H](C)N=Cc1c[nH]c2ccccc12. The number of carbonyl (C=O) groups excluding carboxylic acids is 2. The smallest absolute Gasteiger partial charge is 0.457 e. The summed E-state index contributed by atoms with van der Waals surface area (Å²) in [5.74, 6) is -1.08. The fraction of sp³-hybridized carbons (Fsp3) is 0.231. The average molecular weight is 489 g/mol. The zero-order valence-electron chi connectivity index (χ0n) is 20.1. The van der Waals surface area contributed by atoms with Crippen molar-refractivity contribution in [1.29, 1.82) is 0 Å². The lowest BCUT2D eigenvalue weighted by Gasteiger charge is -2.24. The lowest BCUT2D eigenvalue weighted by Crippen LogP contribution is -2.43. The van der Waals surface area contributed by atoms with Crippen molar-refractivity contribution in [3.63, 3.8) is 0 Å². The van der Waals surface area contributed by atoms with Gasteiger partial charge in [0.1, 0.15) is 12.1 Å². The van der Waals surface area contributed by atoms with Gasteiger partial charge in [-0.25, -0.2) is 0 Å². The molecular weight excluding hydrogens is 460 g/mol. The summed E-state index contributed by atoms with van der Waals surface area (Å²) in [4.78, 5) is 40.2. The zero-order valence-corrected chi connectivity index (χ0v) is 21.1. The van der Waals surface area contributed by atoms with E-state index in [4.69, 9.17) is 8.85 Å². The van der Waals surface area contributed by atoms with Gasteiger partial charge in [0, 0.05) is 70.8 Å². The number of aliphatic imine (C=N–C) groups is 2. The number of para-hydroxylation sites is 2. The number of H-pyrrole nitrogens is 2. The molecule has 2 N–H and O–H groups in total. The first-order chi connectivity index (χ1) is 16.7. The molecule has 8 nitrogen and oxygen atoms in total. The normalized spacial score (nSPS) is 14.1. The Hall–Kier alpha value is -3.98. The van der Waals surface area contributed by atoms with E-state index < -0.39 is 32.6 Å². The van der Waals surface area contributed by atoms with Crippen LogP contribution in [0.2, 0.25) is 13.1 Å². The van der Waals surface area contributed by atoms with Crippen molar-refractivity contribution in [1.82, 2.24) is 9.97 Å². The molecule has 2 atom stereocenters. The maximum Gasteiger partial charge on any atom is 0.457 e. The molecule has 0 bridgehead atoms. The van der Waals surface area contributed by atoms with Crippen LogP contribution in [-0.4, -0.2) is 55.0 Å². The third-order valence-corrected chi connectivity index (χ3v) is 6.88. The van der Waals surface area contributed by atoms with E-state index in [1.165, 1.54) is 0 Å². The van der Waals surface area contributed by atoms with Crippen LogP contribution in [0, 0.1) is 0 Å². The van der Waals surface area contributed by atoms with Gasteiger partial charge < -0.3 is 18.8 Å². The van der Waals surface area contributed by atoms with E-state index in [2.05, 4.69) is 20.0 Å². The summed E-state index contributed by atoms with van der Waals surface area (Å²) >= 11 is 0. The van der Waals surface area contributed by atoms with Crippen molar-refractivity contribution in [3.05, 3.63) is 72.1 Å². The topological polar surface area (TPSA) is 109 Å². The Morgan fingerprint density at radius 1 is 0.771 bits per heavy atom. The van der Waals surface area contributed by atoms with Gasteiger partial charge in [-0.15, -0.1) is 0 Å². The second kappa shape index (κ2) is 10.1. The first kappa shape index (κ1) is 24.2. The van der Waals surface area contributed by atoms with Crippen molar-refractivity contribution in [2.24, 2.45) is 9.98 Å². The molecule has 4 aromatic rings. The molecule has 0 amide bonds. The van der Waals surface area contributed by atoms with E-state index in [9.17, 15) is 9.59 Å². The molecular formula is C26H28N4O4Si. The highest BCUT2D eigenvalue weighted by Crippen LogP contribution is 2.18. The standard InChI is InChI=1S/C26H28N4O4Si/c1-17(27-13-19-15-29-23-11-7-5-9-21(19)23)25(31)33-35(3,4)34-26(32)18(2)28-14-20-16-30-24-12-8-6-10-22(20)24/h5-18,29-30H,1-4H3/t17-,18+. The monoisotopic (exact) mass is 488 g/mol. The summed E-state index contributed by atoms with van der Waals surface area (Å²) in [5.41, 5.74) is 3.74. The molecule has 0 unspecified atom stereocenters. The quantitative estimate of drug-likeness (QED) is 0.275. The van der Waals surface area contributed by atoms with E-state index in [1.54, 1.807) is 39.4 Å². The number of nitrogens with zero attached hydrogens (tertiary/aromatic N) is 2. The van der Waals surface area contributed by atoms with Crippen molar-refractivity contribution >= 4 is 54.7 Å². The number of rotatable bonds is 8. The Morgan fingerprint density at radius 3 is 1.60 bits per heavy atom. The molecule has 0 radical (unpaired) electrons. The Kier molecular flexibility index (Phi) is 6.97. The van der Waals surface area contributed by atoms with E-state index in [-0.39, 0.29) is 0 Å². The Balaban J connectivity index is 1.33. The molecule has 0 fully saturated rings. The average Bonchev–Trinajstić information content (AvgIpc) is 3.44. The summed E-state index contributed by atoms with van der Waals surface area (Å²) in [6.45, 7) is 6.59. The van der Waals surface area contributed by atoms with Crippen molar-refractivity contribution in [2.45, 2.75) is 39.0 Å². The number of fused-ring (bicyclic) bond motifs is 2. The Bertz CT molecular complexity index is 1310. The van der Waals surface area contributed by atoms with Gasteiger partial charge in [0.15, 0.2) is 0 Å². The van der Waals surface area contributed by atoms with Gasteiger partial charge in [-0.1, -0.05) is 36.4 Å². The van der Waals surface area contributed by atoms with E-state index in [0.29, 0.717) is 0 Å². The second-order valence-corrected chi connectivity index (χ2v) is 11.9. The van der Waals surface area contributed by atoms with Gasteiger partial charge in [0.2, 0.25) is 0 Å². The van der Waals surface area contributed by atoms with E-state index >= 15 is 0 Å². The summed E-state index contributed by atoms with van der Waals surface area (Å²) in [7, 11) is -3.09. The summed E-state index contributed by atoms with van der Waals surface area (Å²) in [6, 6.07) is 14.2. The molecule has 35 heavy (non-hydrogen) atoms. The number of aromatic amines is 2. The minimum atomic E-state index is -3.09. The van der Waals surface area contributed by atoms with Gasteiger partial charge in [-0.05, 0) is 26.0 Å². The molecule has 2 aromatic carbocycles. The van der Waals surface area contributed by atoms with E-state index in [1.807, 2.05) is 60.9 Å². The zero-order chi connectivity index (χ0) is 25.0. The third-order valence-electron chi connectivity index (χ3n) is 5.49. The van der Waals surface area contributed by atoms with Crippen LogP contribution in [0.3, 0.4) is 0 Å². The summed E-state index contributed by atoms with van der Waals surface area (Å²) in [6.07, 6.45) is 6.97. The Morgan fingerprint density at radius 2 is 1.17 bits per heavy atom. The van der Waals surface area contributed by atoms with Gasteiger partial charge in [-0.3, -0.25) is 19.6 Å². The van der Waals surface area contributed by atoms with Crippen LogP contribution in [0.25, 0.3) is 21.8 Å². The van der Waals surface area contributed by atoms with Crippen LogP contribution < -0.4 is 0 Å². The van der Waals surface area contributed by atoms with Crippen molar-refractivity contribution < 1.29 is 18.4 Å². The molecule has 2 heterocycles. The summed E-state index contributed by atoms with van der Waals surface area (Å²) < 4.78 is 11.1. The summed E-state index contributed by atoms with van der Waals surface area (Å²) in [5, 5.41) is 2.03. The van der Waals surface area contributed by atoms with Crippen LogP contribution in [-0.2, 0) is 18.4 Å². The van der Waals surface area contributed by atoms with Crippen LogP contribution in [0.1, 0.15) is 25.0 Å². The van der Waals surface area contributed by atoms with Crippen molar-refractivity contribution in [2.75, 3.05) is 0 Å². The lowest BCUT2D eigenvalue weighted by molar-refractivity contribution is -0.142. The highest BCUT2D eigenvalue weighted by molar-refractivity contribution is 6.67. The third kappa shape index (κ3) is 5.75. The number of hydrogen-bond donors (Lipinski definition) is 2. The predicted octanol–water partition coefficient (Wildman–Crippen LogP) is 4.75. The number of nitrogens with one attached hydrogen (secondary N) is 2. The highest BCUT2D eigenvalue weighted by Gasteiger charge is 2.36. The Labute approximate surface area is 204 Å². The molecule has 180 valence electrons. The first-order valence-corrected chi connectivity index (χ1v) is 14.2. The fourth-order valence-corrected chi connectivity index (χ4v) is 4.94. The maximum atomic E-state index is 12.6. The van der Waals surface area contributed by atoms with Crippen LogP contribution in [0.4, 0.5) is 0 Å². The molecule has 0 saturated carbocycles. The molecule has 9 heteroatoms. The van der Waals surface area contributed by atoms with Gasteiger partial charge in [-0.2, -0.15) is 0 Å². The molecule has 0 aliphatic heterocycles. The van der Waals surface area contributed by atoms with Crippen molar-refractivity contribution in [3.8, 4) is 0 Å². The maximum absolute atomic E-state index is 12.6.